The average molecular weight is 211 g/mol. The van der Waals surface area contributed by atoms with Crippen LogP contribution in [0.4, 0.5) is 4.39 Å². The van der Waals surface area contributed by atoms with Crippen LogP contribution in [0.2, 0.25) is 5.02 Å². The second-order valence-electron chi connectivity index (χ2n) is 2.99. The van der Waals surface area contributed by atoms with Gasteiger partial charge in [-0.15, -0.1) is 0 Å². The Morgan fingerprint density at radius 1 is 1.43 bits per heavy atom. The van der Waals surface area contributed by atoms with Crippen LogP contribution in [0.15, 0.2) is 30.6 Å². The molecule has 0 N–H and O–H groups in total. The van der Waals surface area contributed by atoms with Crippen molar-refractivity contribution in [3.63, 3.8) is 0 Å². The van der Waals surface area contributed by atoms with Gasteiger partial charge in [-0.1, -0.05) is 11.6 Å². The summed E-state index contributed by atoms with van der Waals surface area (Å²) in [4.78, 5) is 4.06. The number of hydrogen-bond donors (Lipinski definition) is 0. The number of imidazole rings is 1. The predicted molar refractivity (Wildman–Crippen MR) is 53.6 cm³/mol. The molecule has 0 fully saturated rings. The predicted octanol–water partition coefficient (Wildman–Crippen LogP) is 2.88. The highest BCUT2D eigenvalue weighted by Gasteiger charge is 2.09. The summed E-state index contributed by atoms with van der Waals surface area (Å²) in [6, 6.07) is 4.56. The molecule has 0 spiro atoms. The summed E-state index contributed by atoms with van der Waals surface area (Å²) in [6.07, 6.45) is 3.40. The van der Waals surface area contributed by atoms with E-state index in [0.29, 0.717) is 16.4 Å². The highest BCUT2D eigenvalue weighted by Crippen LogP contribution is 2.23. The van der Waals surface area contributed by atoms with Crippen LogP contribution in [0.3, 0.4) is 0 Å². The minimum atomic E-state index is -0.355. The van der Waals surface area contributed by atoms with Crippen LogP contribution in [-0.4, -0.2) is 9.55 Å². The molecule has 2 nitrogen and oxygen atoms in total. The van der Waals surface area contributed by atoms with Gasteiger partial charge in [-0.2, -0.15) is 0 Å². The molecule has 2 aromatic rings. The van der Waals surface area contributed by atoms with E-state index in [4.69, 9.17) is 11.6 Å². The van der Waals surface area contributed by atoms with Crippen molar-refractivity contribution in [2.45, 2.75) is 0 Å². The van der Waals surface area contributed by atoms with Crippen molar-refractivity contribution < 1.29 is 4.39 Å². The Hall–Kier alpha value is -1.35. The zero-order valence-corrected chi connectivity index (χ0v) is 8.29. The molecule has 0 saturated carbocycles. The first-order chi connectivity index (χ1) is 6.68. The van der Waals surface area contributed by atoms with E-state index in [9.17, 15) is 4.39 Å². The van der Waals surface area contributed by atoms with Crippen molar-refractivity contribution in [1.29, 1.82) is 0 Å². The molecule has 4 heteroatoms. The number of aryl methyl sites for hydroxylation is 1. The second-order valence-corrected chi connectivity index (χ2v) is 3.42. The summed E-state index contributed by atoms with van der Waals surface area (Å²) in [6.45, 7) is 0. The van der Waals surface area contributed by atoms with Crippen LogP contribution in [0.1, 0.15) is 0 Å². The Bertz CT molecular complexity index is 465. The molecule has 1 heterocycles. The van der Waals surface area contributed by atoms with Gasteiger partial charge in [0.2, 0.25) is 0 Å². The summed E-state index contributed by atoms with van der Waals surface area (Å²) in [5.74, 6) is 0.242. The van der Waals surface area contributed by atoms with Crippen molar-refractivity contribution in [3.8, 4) is 11.4 Å². The fourth-order valence-corrected chi connectivity index (χ4v) is 1.45. The van der Waals surface area contributed by atoms with Crippen LogP contribution in [0.5, 0.6) is 0 Å². The zero-order chi connectivity index (χ0) is 10.1. The third-order valence-electron chi connectivity index (χ3n) is 1.99. The summed E-state index contributed by atoms with van der Waals surface area (Å²) in [5, 5.41) is 0.389. The van der Waals surface area contributed by atoms with Gasteiger partial charge in [0.25, 0.3) is 0 Å². The maximum Gasteiger partial charge on any atom is 0.142 e. The first kappa shape index (κ1) is 9.21. The third-order valence-corrected chi connectivity index (χ3v) is 2.23. The number of benzene rings is 1. The molecule has 0 aliphatic carbocycles. The molecule has 0 saturated heterocycles. The van der Waals surface area contributed by atoms with Crippen molar-refractivity contribution >= 4 is 11.6 Å². The molecule has 0 amide bonds. The SMILES string of the molecule is Cn1ccnc1-c1ccc(Cl)cc1F. The molecule has 1 aromatic carbocycles. The second kappa shape index (κ2) is 3.42. The van der Waals surface area contributed by atoms with Gasteiger partial charge in [0, 0.05) is 24.5 Å². The van der Waals surface area contributed by atoms with Gasteiger partial charge < -0.3 is 4.57 Å². The van der Waals surface area contributed by atoms with E-state index in [-0.39, 0.29) is 5.82 Å². The molecule has 0 unspecified atom stereocenters. The monoisotopic (exact) mass is 210 g/mol. The maximum atomic E-state index is 13.5. The lowest BCUT2D eigenvalue weighted by molar-refractivity contribution is 0.629. The van der Waals surface area contributed by atoms with E-state index in [1.54, 1.807) is 29.1 Å². The average Bonchev–Trinajstić information content (AvgIpc) is 2.52. The van der Waals surface area contributed by atoms with Gasteiger partial charge in [-0.05, 0) is 18.2 Å². The number of halogens is 2. The molecule has 0 atom stereocenters. The Morgan fingerprint density at radius 3 is 2.79 bits per heavy atom. The van der Waals surface area contributed by atoms with Gasteiger partial charge in [-0.25, -0.2) is 9.37 Å². The highest BCUT2D eigenvalue weighted by molar-refractivity contribution is 6.30. The van der Waals surface area contributed by atoms with E-state index in [0.717, 1.165) is 0 Å². The number of nitrogens with zero attached hydrogens (tertiary/aromatic N) is 2. The lowest BCUT2D eigenvalue weighted by Crippen LogP contribution is -1.93. The smallest absolute Gasteiger partial charge is 0.142 e. The molecule has 72 valence electrons. The Balaban J connectivity index is 2.58. The van der Waals surface area contributed by atoms with Gasteiger partial charge in [0.1, 0.15) is 11.6 Å². The van der Waals surface area contributed by atoms with Crippen LogP contribution >= 0.6 is 11.6 Å². The Morgan fingerprint density at radius 2 is 2.21 bits per heavy atom. The summed E-state index contributed by atoms with van der Waals surface area (Å²) < 4.78 is 15.2. The van der Waals surface area contributed by atoms with Gasteiger partial charge in [0.05, 0.1) is 5.56 Å². The molecule has 0 bridgehead atoms. The molecule has 14 heavy (non-hydrogen) atoms. The molecule has 1 aromatic heterocycles. The maximum absolute atomic E-state index is 13.5. The molecular weight excluding hydrogens is 203 g/mol. The van der Waals surface area contributed by atoms with Crippen LogP contribution in [-0.2, 0) is 7.05 Å². The molecule has 0 aliphatic heterocycles. The van der Waals surface area contributed by atoms with Crippen molar-refractivity contribution in [2.75, 3.05) is 0 Å². The lowest BCUT2D eigenvalue weighted by Gasteiger charge is -2.03. The van der Waals surface area contributed by atoms with Crippen molar-refractivity contribution in [3.05, 3.63) is 41.4 Å². The fourth-order valence-electron chi connectivity index (χ4n) is 1.30. The molecular formula is C10H8ClFN2. The largest absolute Gasteiger partial charge is 0.334 e. The Labute approximate surface area is 86.0 Å². The number of aromatic nitrogens is 2. The number of rotatable bonds is 1. The molecule has 0 aliphatic rings. The Kier molecular flexibility index (Phi) is 2.25. The summed E-state index contributed by atoms with van der Waals surface area (Å²) in [7, 11) is 1.82. The van der Waals surface area contributed by atoms with Crippen LogP contribution in [0, 0.1) is 5.82 Å². The highest BCUT2D eigenvalue weighted by atomic mass is 35.5. The zero-order valence-electron chi connectivity index (χ0n) is 7.54. The van der Waals surface area contributed by atoms with E-state index < -0.39 is 0 Å². The van der Waals surface area contributed by atoms with Crippen molar-refractivity contribution in [2.24, 2.45) is 7.05 Å². The van der Waals surface area contributed by atoms with Crippen LogP contribution < -0.4 is 0 Å². The van der Waals surface area contributed by atoms with Crippen LogP contribution in [0.25, 0.3) is 11.4 Å². The first-order valence-electron chi connectivity index (χ1n) is 4.11. The van der Waals surface area contributed by atoms with E-state index in [2.05, 4.69) is 4.98 Å². The summed E-state index contributed by atoms with van der Waals surface area (Å²) >= 11 is 5.65. The minimum Gasteiger partial charge on any atom is -0.334 e. The fraction of sp³-hybridized carbons (Fsp3) is 0.100. The topological polar surface area (TPSA) is 17.8 Å². The van der Waals surface area contributed by atoms with E-state index in [1.807, 2.05) is 7.05 Å². The minimum absolute atomic E-state index is 0.355. The molecule has 0 radical (unpaired) electrons. The lowest BCUT2D eigenvalue weighted by atomic mass is 10.2. The quantitative estimate of drug-likeness (QED) is 0.708. The third kappa shape index (κ3) is 1.51. The van der Waals surface area contributed by atoms with Crippen molar-refractivity contribution in [1.82, 2.24) is 9.55 Å². The van der Waals surface area contributed by atoms with Gasteiger partial charge >= 0.3 is 0 Å². The van der Waals surface area contributed by atoms with Gasteiger partial charge in [-0.3, -0.25) is 0 Å². The standard InChI is InChI=1S/C10H8ClFN2/c1-14-5-4-13-10(14)8-3-2-7(11)6-9(8)12/h2-6H,1H3. The van der Waals surface area contributed by atoms with E-state index in [1.165, 1.54) is 6.07 Å². The van der Waals surface area contributed by atoms with E-state index >= 15 is 0 Å². The normalized spacial score (nSPS) is 10.5. The first-order valence-corrected chi connectivity index (χ1v) is 4.49. The summed E-state index contributed by atoms with van der Waals surface area (Å²) in [5.41, 5.74) is 0.460. The van der Waals surface area contributed by atoms with Gasteiger partial charge in [0.15, 0.2) is 0 Å². The molecule has 2 rings (SSSR count). The number of hydrogen-bond acceptors (Lipinski definition) is 1.